The molecule has 0 aliphatic rings. The van der Waals surface area contributed by atoms with E-state index in [4.69, 9.17) is 23.2 Å². The third-order valence-corrected chi connectivity index (χ3v) is 4.39. The molecule has 0 radical (unpaired) electrons. The number of benzene rings is 2. The Morgan fingerprint density at radius 3 is 2.25 bits per heavy atom. The summed E-state index contributed by atoms with van der Waals surface area (Å²) in [5, 5.41) is 0.801. The second kappa shape index (κ2) is 6.10. The van der Waals surface area contributed by atoms with Crippen LogP contribution in [0.25, 0.3) is 0 Å². The highest BCUT2D eigenvalue weighted by atomic mass is 35.5. The summed E-state index contributed by atoms with van der Waals surface area (Å²) < 4.78 is 39.7. The second-order valence-electron chi connectivity index (χ2n) is 4.03. The molecule has 0 atom stereocenters. The summed E-state index contributed by atoms with van der Waals surface area (Å²) >= 11 is 11.6. The van der Waals surface area contributed by atoms with E-state index in [0.717, 1.165) is 6.07 Å². The first-order valence-corrected chi connectivity index (χ1v) is 7.81. The zero-order chi connectivity index (χ0) is 14.8. The predicted molar refractivity (Wildman–Crippen MR) is 76.9 cm³/mol. The fourth-order valence-corrected chi connectivity index (χ4v) is 3.30. The van der Waals surface area contributed by atoms with E-state index in [1.165, 1.54) is 24.3 Å². The average molecular weight is 334 g/mol. The molecule has 20 heavy (non-hydrogen) atoms. The van der Waals surface area contributed by atoms with E-state index in [9.17, 15) is 12.8 Å². The minimum Gasteiger partial charge on any atom is -0.207 e. The first-order valence-electron chi connectivity index (χ1n) is 5.58. The quantitative estimate of drug-likeness (QED) is 0.928. The lowest BCUT2D eigenvalue weighted by atomic mass is 10.2. The minimum absolute atomic E-state index is 0.0308. The predicted octanol–water partition coefficient (Wildman–Crippen LogP) is 3.61. The molecule has 0 fully saturated rings. The molecule has 0 saturated heterocycles. The van der Waals surface area contributed by atoms with Crippen LogP contribution in [0.2, 0.25) is 10.0 Å². The third kappa shape index (κ3) is 3.70. The topological polar surface area (TPSA) is 46.2 Å². The Kier molecular flexibility index (Phi) is 4.65. The van der Waals surface area contributed by atoms with E-state index in [-0.39, 0.29) is 6.54 Å². The molecular weight excluding hydrogens is 324 g/mol. The van der Waals surface area contributed by atoms with Gasteiger partial charge < -0.3 is 0 Å². The maximum Gasteiger partial charge on any atom is 0.243 e. The highest BCUT2D eigenvalue weighted by molar-refractivity contribution is 7.89. The van der Waals surface area contributed by atoms with Crippen molar-refractivity contribution in [3.05, 3.63) is 63.9 Å². The average Bonchev–Trinajstić information content (AvgIpc) is 2.36. The smallest absolute Gasteiger partial charge is 0.207 e. The molecule has 2 rings (SSSR count). The number of sulfonamides is 1. The lowest BCUT2D eigenvalue weighted by molar-refractivity contribution is 0.557. The van der Waals surface area contributed by atoms with Gasteiger partial charge in [-0.2, -0.15) is 0 Å². The Bertz CT molecular complexity index is 715. The monoisotopic (exact) mass is 333 g/mol. The molecule has 0 bridgehead atoms. The van der Waals surface area contributed by atoms with Crippen molar-refractivity contribution < 1.29 is 12.8 Å². The van der Waals surface area contributed by atoms with Gasteiger partial charge in [-0.05, 0) is 35.9 Å². The Balaban J connectivity index is 2.20. The summed E-state index contributed by atoms with van der Waals surface area (Å²) in [6, 6.07) is 9.86. The van der Waals surface area contributed by atoms with Crippen LogP contribution in [0.4, 0.5) is 4.39 Å². The number of hydrogen-bond acceptors (Lipinski definition) is 2. The van der Waals surface area contributed by atoms with Gasteiger partial charge in [-0.25, -0.2) is 17.5 Å². The number of rotatable bonds is 4. The standard InChI is InChI=1S/C13H10Cl2FNO2S/c14-10-5-9(6-11(15)7-10)8-17-20(18,19)13-4-2-1-3-12(13)16/h1-7,17H,8H2. The van der Waals surface area contributed by atoms with Crippen LogP contribution in [0, 0.1) is 5.82 Å². The van der Waals surface area contributed by atoms with E-state index >= 15 is 0 Å². The molecule has 0 spiro atoms. The lowest BCUT2D eigenvalue weighted by Gasteiger charge is -2.08. The molecule has 1 N–H and O–H groups in total. The van der Waals surface area contributed by atoms with Gasteiger partial charge in [0, 0.05) is 16.6 Å². The van der Waals surface area contributed by atoms with Crippen LogP contribution in [0.1, 0.15) is 5.56 Å². The Morgan fingerprint density at radius 2 is 1.65 bits per heavy atom. The van der Waals surface area contributed by atoms with Crippen LogP contribution >= 0.6 is 23.2 Å². The van der Waals surface area contributed by atoms with Gasteiger partial charge in [0.05, 0.1) is 0 Å². The third-order valence-electron chi connectivity index (χ3n) is 2.51. The maximum absolute atomic E-state index is 13.5. The summed E-state index contributed by atoms with van der Waals surface area (Å²) in [6.45, 7) is -0.0308. The summed E-state index contributed by atoms with van der Waals surface area (Å²) in [5.74, 6) is -0.802. The van der Waals surface area contributed by atoms with E-state index in [0.29, 0.717) is 15.6 Å². The van der Waals surface area contributed by atoms with Gasteiger partial charge in [0.15, 0.2) is 0 Å². The van der Waals surface area contributed by atoms with E-state index < -0.39 is 20.7 Å². The van der Waals surface area contributed by atoms with Crippen LogP contribution in [-0.4, -0.2) is 8.42 Å². The maximum atomic E-state index is 13.5. The van der Waals surface area contributed by atoms with Crippen LogP contribution in [0.3, 0.4) is 0 Å². The van der Waals surface area contributed by atoms with Crippen molar-refractivity contribution in [2.75, 3.05) is 0 Å². The van der Waals surface area contributed by atoms with Gasteiger partial charge in [-0.1, -0.05) is 35.3 Å². The second-order valence-corrected chi connectivity index (χ2v) is 6.64. The fourth-order valence-electron chi connectivity index (χ4n) is 1.63. The molecule has 2 aromatic carbocycles. The number of nitrogens with one attached hydrogen (secondary N) is 1. The molecule has 0 heterocycles. The Hall–Kier alpha value is -1.14. The van der Waals surface area contributed by atoms with Gasteiger partial charge in [-0.15, -0.1) is 0 Å². The molecule has 2 aromatic rings. The van der Waals surface area contributed by atoms with Crippen molar-refractivity contribution in [2.45, 2.75) is 11.4 Å². The van der Waals surface area contributed by atoms with Crippen LogP contribution in [0.15, 0.2) is 47.4 Å². The van der Waals surface area contributed by atoms with E-state index in [2.05, 4.69) is 4.72 Å². The SMILES string of the molecule is O=S(=O)(NCc1cc(Cl)cc(Cl)c1)c1ccccc1F. The number of hydrogen-bond donors (Lipinski definition) is 1. The van der Waals surface area contributed by atoms with Crippen molar-refractivity contribution >= 4 is 33.2 Å². The van der Waals surface area contributed by atoms with Crippen molar-refractivity contribution in [3.8, 4) is 0 Å². The number of halogens is 3. The molecule has 106 valence electrons. The highest BCUT2D eigenvalue weighted by Gasteiger charge is 2.18. The first-order chi connectivity index (χ1) is 9.38. The van der Waals surface area contributed by atoms with Gasteiger partial charge in [0.1, 0.15) is 10.7 Å². The van der Waals surface area contributed by atoms with E-state index in [1.54, 1.807) is 12.1 Å². The zero-order valence-electron chi connectivity index (χ0n) is 10.1. The van der Waals surface area contributed by atoms with Gasteiger partial charge in [-0.3, -0.25) is 0 Å². The zero-order valence-corrected chi connectivity index (χ0v) is 12.4. The largest absolute Gasteiger partial charge is 0.243 e. The first kappa shape index (κ1) is 15.3. The van der Waals surface area contributed by atoms with Crippen molar-refractivity contribution in [1.29, 1.82) is 0 Å². The Labute approximate surface area is 126 Å². The highest BCUT2D eigenvalue weighted by Crippen LogP contribution is 2.20. The summed E-state index contributed by atoms with van der Waals surface area (Å²) in [6.07, 6.45) is 0. The van der Waals surface area contributed by atoms with Crippen molar-refractivity contribution in [1.82, 2.24) is 4.72 Å². The summed E-state index contributed by atoms with van der Waals surface area (Å²) in [4.78, 5) is -0.395. The molecule has 0 saturated carbocycles. The van der Waals surface area contributed by atoms with Gasteiger partial charge >= 0.3 is 0 Å². The molecule has 0 aromatic heterocycles. The van der Waals surface area contributed by atoms with Crippen LogP contribution in [0.5, 0.6) is 0 Å². The normalized spacial score (nSPS) is 11.6. The Morgan fingerprint density at radius 1 is 1.05 bits per heavy atom. The molecule has 0 unspecified atom stereocenters. The summed E-state index contributed by atoms with van der Waals surface area (Å²) in [7, 11) is -3.93. The van der Waals surface area contributed by atoms with E-state index in [1.807, 2.05) is 0 Å². The van der Waals surface area contributed by atoms with Crippen LogP contribution < -0.4 is 4.72 Å². The van der Waals surface area contributed by atoms with Crippen LogP contribution in [-0.2, 0) is 16.6 Å². The summed E-state index contributed by atoms with van der Waals surface area (Å²) in [5.41, 5.74) is 0.586. The molecule has 0 amide bonds. The van der Waals surface area contributed by atoms with Gasteiger partial charge in [0.25, 0.3) is 0 Å². The fraction of sp³-hybridized carbons (Fsp3) is 0.0769. The molecular formula is C13H10Cl2FNO2S. The van der Waals surface area contributed by atoms with Gasteiger partial charge in [0.2, 0.25) is 10.0 Å². The molecule has 7 heteroatoms. The van der Waals surface area contributed by atoms with Crippen molar-refractivity contribution in [2.24, 2.45) is 0 Å². The molecule has 0 aliphatic carbocycles. The lowest BCUT2D eigenvalue weighted by Crippen LogP contribution is -2.24. The molecule has 3 nitrogen and oxygen atoms in total. The van der Waals surface area contributed by atoms with Crippen molar-refractivity contribution in [3.63, 3.8) is 0 Å². The minimum atomic E-state index is -3.93. The molecule has 0 aliphatic heterocycles.